The van der Waals surface area contributed by atoms with Gasteiger partial charge in [0.25, 0.3) is 0 Å². The standard InChI is InChI=1S/C37H52N6O3S/c1-3-32(44)43-22-21-42(24-28(43)17-19-38)37(27-12-6-4-5-7-13-27)30-16-18-36(23-26-11-8-9-15-31(26)47-36)34(45)33(30)39-35(40-37)46-25-29-14-10-20-41(29)2/h3,8-9,11,15,27-30,33,35,39-40H,1,4-7,10,12-14,16-18,20-25H2,2H3/t28?,29?,30?,33?,35?,36-,37?/m0/s1. The number of nitrogens with one attached hydrogen (secondary N) is 2. The third-order valence-corrected chi connectivity index (χ3v) is 14.0. The van der Waals surface area contributed by atoms with Gasteiger partial charge in [0.1, 0.15) is 0 Å². The van der Waals surface area contributed by atoms with Gasteiger partial charge in [0.2, 0.25) is 5.91 Å². The van der Waals surface area contributed by atoms with Crippen molar-refractivity contribution < 1.29 is 14.3 Å². The van der Waals surface area contributed by atoms with Crippen molar-refractivity contribution in [2.24, 2.45) is 11.8 Å². The number of ketones is 1. The summed E-state index contributed by atoms with van der Waals surface area (Å²) < 4.78 is 6.33. The highest BCUT2D eigenvalue weighted by atomic mass is 32.2. The molecular weight excluding hydrogens is 609 g/mol. The van der Waals surface area contributed by atoms with Gasteiger partial charge < -0.3 is 14.5 Å². The molecule has 7 rings (SSSR count). The van der Waals surface area contributed by atoms with Crippen LogP contribution in [-0.2, 0) is 20.7 Å². The summed E-state index contributed by atoms with van der Waals surface area (Å²) in [6.45, 7) is 7.27. The third-order valence-electron chi connectivity index (χ3n) is 12.4. The molecule has 10 heteroatoms. The molecule has 4 heterocycles. The minimum absolute atomic E-state index is 0.0476. The van der Waals surface area contributed by atoms with Gasteiger partial charge in [-0.25, -0.2) is 0 Å². The van der Waals surface area contributed by atoms with Crippen LogP contribution in [-0.4, -0.2) is 101 Å². The molecule has 6 aliphatic rings. The normalized spacial score (nSPS) is 36.9. The number of fused-ring (bicyclic) bond motifs is 2. The minimum atomic E-state index is -0.489. The number of likely N-dealkylation sites (N-methyl/N-ethyl adjacent to an activating group) is 1. The van der Waals surface area contributed by atoms with Crippen molar-refractivity contribution in [1.29, 1.82) is 5.26 Å². The fraction of sp³-hybridized carbons (Fsp3) is 0.703. The van der Waals surface area contributed by atoms with Crippen LogP contribution in [0.5, 0.6) is 0 Å². The number of rotatable bonds is 7. The summed E-state index contributed by atoms with van der Waals surface area (Å²) >= 11 is 1.79. The highest BCUT2D eigenvalue weighted by molar-refractivity contribution is 8.01. The first-order valence-electron chi connectivity index (χ1n) is 18.1. The Bertz CT molecular complexity index is 1350. The van der Waals surface area contributed by atoms with Crippen molar-refractivity contribution >= 4 is 23.5 Å². The number of nitriles is 1. The molecule has 2 saturated carbocycles. The second-order valence-electron chi connectivity index (χ2n) is 14.9. The van der Waals surface area contributed by atoms with Crippen molar-refractivity contribution in [3.8, 4) is 6.07 Å². The number of benzene rings is 1. The van der Waals surface area contributed by atoms with E-state index in [1.165, 1.54) is 48.6 Å². The average Bonchev–Trinajstić information content (AvgIpc) is 3.56. The molecule has 0 aromatic heterocycles. The Morgan fingerprint density at radius 1 is 1.11 bits per heavy atom. The zero-order valence-electron chi connectivity index (χ0n) is 28.0. The highest BCUT2D eigenvalue weighted by Gasteiger charge is 2.63. The number of hydrogen-bond acceptors (Lipinski definition) is 9. The largest absolute Gasteiger partial charge is 0.348 e. The van der Waals surface area contributed by atoms with Gasteiger partial charge in [0, 0.05) is 36.5 Å². The number of carbonyl (C=O) groups excluding carboxylic acids is 2. The summed E-state index contributed by atoms with van der Waals surface area (Å²) in [5, 5.41) is 17.7. The topological polar surface area (TPSA) is 101 Å². The number of amides is 1. The summed E-state index contributed by atoms with van der Waals surface area (Å²) in [4.78, 5) is 36.1. The average molecular weight is 661 g/mol. The monoisotopic (exact) mass is 660 g/mol. The lowest BCUT2D eigenvalue weighted by Crippen LogP contribution is -2.83. The highest BCUT2D eigenvalue weighted by Crippen LogP contribution is 2.55. The van der Waals surface area contributed by atoms with E-state index in [-0.39, 0.29) is 30.3 Å². The molecule has 254 valence electrons. The number of Topliss-reactive ketones (excluding diaryl/α,β-unsaturated/α-hetero) is 1. The lowest BCUT2D eigenvalue weighted by molar-refractivity contribution is -0.183. The zero-order chi connectivity index (χ0) is 32.6. The lowest BCUT2D eigenvalue weighted by Gasteiger charge is -2.63. The molecular formula is C37H52N6O3S. The molecule has 2 N–H and O–H groups in total. The van der Waals surface area contributed by atoms with E-state index in [1.807, 2.05) is 4.90 Å². The summed E-state index contributed by atoms with van der Waals surface area (Å²) in [5.74, 6) is 0.583. The number of hydrogen-bond donors (Lipinski definition) is 2. The van der Waals surface area contributed by atoms with E-state index in [4.69, 9.17) is 4.74 Å². The number of nitrogens with zero attached hydrogens (tertiary/aromatic N) is 4. The first-order chi connectivity index (χ1) is 22.9. The van der Waals surface area contributed by atoms with Crippen molar-refractivity contribution in [1.82, 2.24) is 25.3 Å². The van der Waals surface area contributed by atoms with Crippen molar-refractivity contribution in [2.45, 2.75) is 117 Å². The SMILES string of the molecule is C=CC(=O)N1CCN(C2(C3CCCCCC3)NC(OCC3CCCN3C)NC3C(=O)[C@]4(CCC32)Cc2ccccc2S4)CC1CC#N. The summed E-state index contributed by atoms with van der Waals surface area (Å²) in [6.07, 6.45) is 13.1. The summed E-state index contributed by atoms with van der Waals surface area (Å²) in [5.41, 5.74) is 0.796. The van der Waals surface area contributed by atoms with Gasteiger partial charge in [-0.05, 0) is 82.2 Å². The molecule has 1 aromatic carbocycles. The van der Waals surface area contributed by atoms with Crippen LogP contribution < -0.4 is 10.6 Å². The molecule has 2 aliphatic carbocycles. The van der Waals surface area contributed by atoms with Crippen LogP contribution in [0.2, 0.25) is 0 Å². The van der Waals surface area contributed by atoms with E-state index in [1.54, 1.807) is 11.8 Å². The Balaban J connectivity index is 1.27. The molecule has 5 fully saturated rings. The first-order valence-corrected chi connectivity index (χ1v) is 18.9. The van der Waals surface area contributed by atoms with Crippen molar-refractivity contribution in [3.63, 3.8) is 0 Å². The van der Waals surface area contributed by atoms with Crippen LogP contribution in [0.3, 0.4) is 0 Å². The van der Waals surface area contributed by atoms with Crippen LogP contribution in [0.15, 0.2) is 41.8 Å². The quantitative estimate of drug-likeness (QED) is 0.328. The second-order valence-corrected chi connectivity index (χ2v) is 16.3. The number of carbonyl (C=O) groups is 2. The van der Waals surface area contributed by atoms with E-state index < -0.39 is 16.8 Å². The van der Waals surface area contributed by atoms with Gasteiger partial charge in [-0.2, -0.15) is 5.26 Å². The number of ether oxygens (including phenoxy) is 1. The van der Waals surface area contributed by atoms with E-state index in [9.17, 15) is 10.1 Å². The van der Waals surface area contributed by atoms with Gasteiger partial charge in [-0.15, -0.1) is 11.8 Å². The number of likely N-dealkylation sites (tertiary alicyclic amines) is 1. The van der Waals surface area contributed by atoms with E-state index in [0.717, 1.165) is 45.1 Å². The van der Waals surface area contributed by atoms with E-state index in [2.05, 4.69) is 64.4 Å². The third kappa shape index (κ3) is 6.10. The molecule has 6 unspecified atom stereocenters. The molecule has 1 spiro atoms. The molecule has 1 amide bonds. The maximum absolute atomic E-state index is 15.1. The Kier molecular flexibility index (Phi) is 9.85. The van der Waals surface area contributed by atoms with E-state index in [0.29, 0.717) is 44.0 Å². The molecule has 0 radical (unpaired) electrons. The maximum Gasteiger partial charge on any atom is 0.246 e. The maximum atomic E-state index is 15.1. The predicted octanol–water partition coefficient (Wildman–Crippen LogP) is 4.29. The number of piperazine rings is 1. The lowest BCUT2D eigenvalue weighted by atomic mass is 9.63. The smallest absolute Gasteiger partial charge is 0.246 e. The van der Waals surface area contributed by atoms with Gasteiger partial charge >= 0.3 is 0 Å². The Labute approximate surface area is 284 Å². The van der Waals surface area contributed by atoms with Gasteiger partial charge in [-0.3, -0.25) is 25.1 Å². The van der Waals surface area contributed by atoms with E-state index >= 15 is 4.79 Å². The van der Waals surface area contributed by atoms with Crippen molar-refractivity contribution in [2.75, 3.05) is 39.8 Å². The molecule has 0 bridgehead atoms. The molecule has 47 heavy (non-hydrogen) atoms. The van der Waals surface area contributed by atoms with Gasteiger partial charge in [-0.1, -0.05) is 50.5 Å². The minimum Gasteiger partial charge on any atom is -0.348 e. The van der Waals surface area contributed by atoms with Crippen molar-refractivity contribution in [3.05, 3.63) is 42.5 Å². The van der Waals surface area contributed by atoms with Crippen LogP contribution >= 0.6 is 11.8 Å². The van der Waals surface area contributed by atoms with Crippen LogP contribution in [0.4, 0.5) is 0 Å². The molecule has 9 nitrogen and oxygen atoms in total. The molecule has 3 saturated heterocycles. The Morgan fingerprint density at radius 2 is 1.91 bits per heavy atom. The molecule has 1 aromatic rings. The summed E-state index contributed by atoms with van der Waals surface area (Å²) in [6, 6.07) is 10.7. The Hall–Kier alpha value is -2.26. The second kappa shape index (κ2) is 13.9. The van der Waals surface area contributed by atoms with Gasteiger partial charge in [0.15, 0.2) is 12.1 Å². The van der Waals surface area contributed by atoms with Crippen LogP contribution in [0, 0.1) is 23.2 Å². The summed E-state index contributed by atoms with van der Waals surface area (Å²) in [7, 11) is 2.18. The van der Waals surface area contributed by atoms with Crippen LogP contribution in [0.25, 0.3) is 0 Å². The zero-order valence-corrected chi connectivity index (χ0v) is 28.8. The fourth-order valence-corrected chi connectivity index (χ4v) is 11.5. The van der Waals surface area contributed by atoms with Crippen LogP contribution in [0.1, 0.15) is 76.2 Å². The fourth-order valence-electron chi connectivity index (χ4n) is 10.0. The first kappa shape index (κ1) is 33.2. The molecule has 4 aliphatic heterocycles. The molecule has 7 atom stereocenters. The number of thioether (sulfide) groups is 1. The predicted molar refractivity (Wildman–Crippen MR) is 183 cm³/mol. The van der Waals surface area contributed by atoms with Gasteiger partial charge in [0.05, 0.1) is 41.6 Å². The Morgan fingerprint density at radius 3 is 2.64 bits per heavy atom.